The zero-order valence-electron chi connectivity index (χ0n) is 22.9. The van der Waals surface area contributed by atoms with Crippen LogP contribution in [0.4, 0.5) is 0 Å². The summed E-state index contributed by atoms with van der Waals surface area (Å²) in [6.45, 7) is 6.82. The molecule has 0 spiro atoms. The fraction of sp³-hybridized carbons (Fsp3) is 0.424. The maximum Gasteiger partial charge on any atom is 0.236 e. The second kappa shape index (κ2) is 14.1. The predicted octanol–water partition coefficient (Wildman–Crippen LogP) is 5.06. The first-order valence-electron chi connectivity index (χ1n) is 14.5. The lowest BCUT2D eigenvalue weighted by Crippen LogP contribution is -2.54. The van der Waals surface area contributed by atoms with Crippen LogP contribution in [-0.4, -0.2) is 79.0 Å². The molecular formula is C33H41ClN4O. The van der Waals surface area contributed by atoms with Gasteiger partial charge >= 0.3 is 0 Å². The monoisotopic (exact) mass is 544 g/mol. The Labute approximate surface area is 238 Å². The summed E-state index contributed by atoms with van der Waals surface area (Å²) in [5.74, 6) is 0.271. The lowest BCUT2D eigenvalue weighted by Gasteiger charge is -2.41. The van der Waals surface area contributed by atoms with Crippen LogP contribution >= 0.6 is 11.6 Å². The van der Waals surface area contributed by atoms with E-state index in [2.05, 4.69) is 92.8 Å². The Hall–Kier alpha value is -2.70. The molecule has 2 aliphatic rings. The Bertz CT molecular complexity index is 1140. The van der Waals surface area contributed by atoms with E-state index in [0.717, 1.165) is 76.5 Å². The Balaban J connectivity index is 1.21. The van der Waals surface area contributed by atoms with Crippen LogP contribution in [0.25, 0.3) is 0 Å². The molecule has 39 heavy (non-hydrogen) atoms. The van der Waals surface area contributed by atoms with Gasteiger partial charge in [0.25, 0.3) is 0 Å². The molecule has 2 heterocycles. The Morgan fingerprint density at radius 2 is 1.46 bits per heavy atom. The second-order valence-electron chi connectivity index (χ2n) is 10.9. The van der Waals surface area contributed by atoms with Gasteiger partial charge in [-0.1, -0.05) is 84.4 Å². The highest BCUT2D eigenvalue weighted by atomic mass is 35.5. The van der Waals surface area contributed by atoms with Crippen LogP contribution in [0, 0.1) is 0 Å². The standard InChI is InChI=1S/C33H41ClN4O/c34-30-13-11-29(12-14-30)32(25-28-9-5-2-6-10-28)36-21-23-37(24-22-36)33(39)26-38(31-15-18-35-19-16-31)20-17-27-7-3-1-4-8-27/h1-14,31-32,35H,15-26H2. The Kier molecular flexibility index (Phi) is 10.1. The number of rotatable bonds is 10. The van der Waals surface area contributed by atoms with Crippen molar-refractivity contribution in [3.05, 3.63) is 107 Å². The van der Waals surface area contributed by atoms with Gasteiger partial charge in [0, 0.05) is 49.8 Å². The molecule has 3 aromatic rings. The molecule has 1 amide bonds. The van der Waals surface area contributed by atoms with E-state index >= 15 is 0 Å². The number of nitrogens with one attached hydrogen (secondary N) is 1. The van der Waals surface area contributed by atoms with Gasteiger partial charge in [0.2, 0.25) is 5.91 Å². The molecule has 5 nitrogen and oxygen atoms in total. The van der Waals surface area contributed by atoms with Crippen molar-refractivity contribution in [1.29, 1.82) is 0 Å². The first kappa shape index (κ1) is 27.9. The van der Waals surface area contributed by atoms with Gasteiger partial charge in [0.05, 0.1) is 6.54 Å². The second-order valence-corrected chi connectivity index (χ2v) is 11.3. The molecular weight excluding hydrogens is 504 g/mol. The molecule has 2 aliphatic heterocycles. The minimum Gasteiger partial charge on any atom is -0.339 e. The van der Waals surface area contributed by atoms with Crippen LogP contribution < -0.4 is 5.32 Å². The van der Waals surface area contributed by atoms with Gasteiger partial charge in [0.15, 0.2) is 0 Å². The summed E-state index contributed by atoms with van der Waals surface area (Å²) in [5.41, 5.74) is 3.94. The molecule has 0 bridgehead atoms. The van der Waals surface area contributed by atoms with Crippen molar-refractivity contribution in [3.8, 4) is 0 Å². The van der Waals surface area contributed by atoms with Crippen LogP contribution in [0.15, 0.2) is 84.9 Å². The number of halogens is 1. The first-order valence-corrected chi connectivity index (χ1v) is 14.8. The van der Waals surface area contributed by atoms with E-state index in [9.17, 15) is 4.79 Å². The minimum atomic E-state index is 0.263. The van der Waals surface area contributed by atoms with Crippen LogP contribution in [0.3, 0.4) is 0 Å². The molecule has 1 unspecified atom stereocenters. The third-order valence-corrected chi connectivity index (χ3v) is 8.58. The summed E-state index contributed by atoms with van der Waals surface area (Å²) in [4.78, 5) is 20.7. The SMILES string of the molecule is O=C(CN(CCc1ccccc1)C1CCNCC1)N1CCN(C(Cc2ccccc2)c2ccc(Cl)cc2)CC1. The maximum atomic E-state index is 13.6. The van der Waals surface area contributed by atoms with E-state index in [0.29, 0.717) is 12.6 Å². The Morgan fingerprint density at radius 3 is 2.10 bits per heavy atom. The quantitative estimate of drug-likeness (QED) is 0.387. The third-order valence-electron chi connectivity index (χ3n) is 8.33. The lowest BCUT2D eigenvalue weighted by molar-refractivity contribution is -0.135. The van der Waals surface area contributed by atoms with Crippen molar-refractivity contribution in [1.82, 2.24) is 20.0 Å². The zero-order chi connectivity index (χ0) is 26.9. The molecule has 6 heteroatoms. The predicted molar refractivity (Wildman–Crippen MR) is 160 cm³/mol. The number of amides is 1. The molecule has 1 N–H and O–H groups in total. The van der Waals surface area contributed by atoms with E-state index in [1.54, 1.807) is 0 Å². The molecule has 1 atom stereocenters. The highest BCUT2D eigenvalue weighted by molar-refractivity contribution is 6.30. The number of nitrogens with zero attached hydrogens (tertiary/aromatic N) is 3. The van der Waals surface area contributed by atoms with Gasteiger partial charge in [-0.2, -0.15) is 0 Å². The van der Waals surface area contributed by atoms with Gasteiger partial charge in [0.1, 0.15) is 0 Å². The van der Waals surface area contributed by atoms with Crippen molar-refractivity contribution in [3.63, 3.8) is 0 Å². The number of piperidine rings is 1. The average molecular weight is 545 g/mol. The van der Waals surface area contributed by atoms with Crippen molar-refractivity contribution >= 4 is 17.5 Å². The molecule has 206 valence electrons. The number of hydrogen-bond acceptors (Lipinski definition) is 4. The van der Waals surface area contributed by atoms with Crippen molar-refractivity contribution in [2.45, 2.75) is 37.8 Å². The summed E-state index contributed by atoms with van der Waals surface area (Å²) in [5, 5.41) is 4.24. The van der Waals surface area contributed by atoms with Gasteiger partial charge < -0.3 is 10.2 Å². The van der Waals surface area contributed by atoms with Crippen LogP contribution in [-0.2, 0) is 17.6 Å². The van der Waals surface area contributed by atoms with Crippen LogP contribution in [0.5, 0.6) is 0 Å². The van der Waals surface area contributed by atoms with Crippen LogP contribution in [0.2, 0.25) is 5.02 Å². The highest BCUT2D eigenvalue weighted by Gasteiger charge is 2.30. The molecule has 2 saturated heterocycles. The normalized spacial score (nSPS) is 17.8. The largest absolute Gasteiger partial charge is 0.339 e. The van der Waals surface area contributed by atoms with Crippen molar-refractivity contribution < 1.29 is 4.79 Å². The third kappa shape index (κ3) is 7.92. The lowest BCUT2D eigenvalue weighted by atomic mass is 9.96. The summed E-state index contributed by atoms with van der Waals surface area (Å²) in [6, 6.07) is 30.3. The summed E-state index contributed by atoms with van der Waals surface area (Å²) >= 11 is 6.21. The fourth-order valence-electron chi connectivity index (χ4n) is 6.02. The summed E-state index contributed by atoms with van der Waals surface area (Å²) < 4.78 is 0. The number of piperazine rings is 1. The average Bonchev–Trinajstić information content (AvgIpc) is 3.00. The highest BCUT2D eigenvalue weighted by Crippen LogP contribution is 2.28. The van der Waals surface area contributed by atoms with E-state index in [1.165, 1.54) is 16.7 Å². The number of carbonyl (C=O) groups is 1. The van der Waals surface area contributed by atoms with Crippen molar-refractivity contribution in [2.75, 3.05) is 52.4 Å². The maximum absolute atomic E-state index is 13.6. The number of hydrogen-bond donors (Lipinski definition) is 1. The van der Waals surface area contributed by atoms with E-state index in [-0.39, 0.29) is 11.9 Å². The summed E-state index contributed by atoms with van der Waals surface area (Å²) in [7, 11) is 0. The van der Waals surface area contributed by atoms with Crippen molar-refractivity contribution in [2.24, 2.45) is 0 Å². The minimum absolute atomic E-state index is 0.263. The number of carbonyl (C=O) groups excluding carboxylic acids is 1. The van der Waals surface area contributed by atoms with E-state index < -0.39 is 0 Å². The smallest absolute Gasteiger partial charge is 0.236 e. The topological polar surface area (TPSA) is 38.8 Å². The molecule has 3 aromatic carbocycles. The molecule has 0 saturated carbocycles. The molecule has 5 rings (SSSR count). The van der Waals surface area contributed by atoms with Gasteiger partial charge in [-0.25, -0.2) is 0 Å². The van der Waals surface area contributed by atoms with Gasteiger partial charge in [-0.15, -0.1) is 0 Å². The number of benzene rings is 3. The summed E-state index contributed by atoms with van der Waals surface area (Å²) in [6.07, 6.45) is 4.14. The van der Waals surface area contributed by atoms with Crippen LogP contribution in [0.1, 0.15) is 35.6 Å². The molecule has 2 fully saturated rings. The first-order chi connectivity index (χ1) is 19.2. The molecule has 0 aliphatic carbocycles. The van der Waals surface area contributed by atoms with Gasteiger partial charge in [-0.05, 0) is 67.6 Å². The van der Waals surface area contributed by atoms with Gasteiger partial charge in [-0.3, -0.25) is 14.6 Å². The van der Waals surface area contributed by atoms with E-state index in [1.807, 2.05) is 12.1 Å². The fourth-order valence-corrected chi connectivity index (χ4v) is 6.14. The zero-order valence-corrected chi connectivity index (χ0v) is 23.6. The van der Waals surface area contributed by atoms with E-state index in [4.69, 9.17) is 11.6 Å². The Morgan fingerprint density at radius 1 is 0.846 bits per heavy atom. The molecule has 0 radical (unpaired) electrons. The molecule has 0 aromatic heterocycles.